The normalized spacial score (nSPS) is 23.7. The van der Waals surface area contributed by atoms with Crippen molar-refractivity contribution in [3.05, 3.63) is 21.9 Å². The quantitative estimate of drug-likeness (QED) is 0.892. The number of nitrogens with one attached hydrogen (secondary N) is 1. The van der Waals surface area contributed by atoms with E-state index in [-0.39, 0.29) is 33.9 Å². The Labute approximate surface area is 108 Å². The molecule has 0 spiro atoms. The van der Waals surface area contributed by atoms with Crippen LogP contribution in [0.4, 0.5) is 0 Å². The molecule has 5 nitrogen and oxygen atoms in total. The summed E-state index contributed by atoms with van der Waals surface area (Å²) in [7, 11) is 0. The molecule has 2 unspecified atom stereocenters. The first-order valence-electron chi connectivity index (χ1n) is 5.19. The molecule has 2 atom stereocenters. The van der Waals surface area contributed by atoms with Crippen molar-refractivity contribution >= 4 is 29.1 Å². The topological polar surface area (TPSA) is 64.1 Å². The van der Waals surface area contributed by atoms with Crippen LogP contribution >= 0.6 is 23.2 Å². The molecule has 2 rings (SSSR count). The van der Waals surface area contributed by atoms with E-state index in [0.29, 0.717) is 6.61 Å². The lowest BCUT2D eigenvalue weighted by Gasteiger charge is -2.16. The Hall–Kier alpha value is -0.910. The molecule has 7 heteroatoms. The van der Waals surface area contributed by atoms with Gasteiger partial charge in [0.2, 0.25) is 0 Å². The number of hydrogen-bond acceptors (Lipinski definition) is 4. The van der Waals surface area contributed by atoms with E-state index in [2.05, 4.69) is 15.5 Å². The summed E-state index contributed by atoms with van der Waals surface area (Å²) >= 11 is 11.5. The molecule has 0 aromatic carbocycles. The number of ether oxygens (including phenoxy) is 1. The highest BCUT2D eigenvalue weighted by Crippen LogP contribution is 2.17. The van der Waals surface area contributed by atoms with Crippen LogP contribution in [-0.2, 0) is 4.74 Å². The summed E-state index contributed by atoms with van der Waals surface area (Å²) < 4.78 is 5.35. The fourth-order valence-corrected chi connectivity index (χ4v) is 2.00. The van der Waals surface area contributed by atoms with Gasteiger partial charge in [-0.15, -0.1) is 10.2 Å². The van der Waals surface area contributed by atoms with E-state index < -0.39 is 0 Å². The van der Waals surface area contributed by atoms with Crippen molar-refractivity contribution < 1.29 is 9.53 Å². The zero-order chi connectivity index (χ0) is 12.4. The summed E-state index contributed by atoms with van der Waals surface area (Å²) in [5, 5.41) is 10.1. The molecular formula is C10H11Cl2N3O2. The molecule has 0 aliphatic carbocycles. The standard InChI is InChI=1S/C10H11Cl2N3O2/c1-5-7(2-3-17-5)13-10(16)6-4-8(11)14-15-9(6)12/h4-5,7H,2-3H2,1H3,(H,13,16). The molecular weight excluding hydrogens is 265 g/mol. The van der Waals surface area contributed by atoms with Crippen LogP contribution in [0.25, 0.3) is 0 Å². The van der Waals surface area contributed by atoms with Crippen LogP contribution < -0.4 is 5.32 Å². The summed E-state index contributed by atoms with van der Waals surface area (Å²) in [6.45, 7) is 2.56. The summed E-state index contributed by atoms with van der Waals surface area (Å²) in [5.74, 6) is -0.311. The van der Waals surface area contributed by atoms with Crippen molar-refractivity contribution in [3.63, 3.8) is 0 Å². The Morgan fingerprint density at radius 3 is 2.94 bits per heavy atom. The van der Waals surface area contributed by atoms with Gasteiger partial charge in [0.1, 0.15) is 0 Å². The number of nitrogens with zero attached hydrogens (tertiary/aromatic N) is 2. The third kappa shape index (κ3) is 2.86. The average molecular weight is 276 g/mol. The lowest BCUT2D eigenvalue weighted by atomic mass is 10.1. The highest BCUT2D eigenvalue weighted by Gasteiger charge is 2.26. The van der Waals surface area contributed by atoms with E-state index in [1.807, 2.05) is 6.92 Å². The molecule has 1 aliphatic heterocycles. The molecule has 1 aliphatic rings. The van der Waals surface area contributed by atoms with Crippen LogP contribution in [0.1, 0.15) is 23.7 Å². The number of aromatic nitrogens is 2. The van der Waals surface area contributed by atoms with E-state index >= 15 is 0 Å². The van der Waals surface area contributed by atoms with Gasteiger partial charge in [0.15, 0.2) is 10.3 Å². The van der Waals surface area contributed by atoms with Gasteiger partial charge >= 0.3 is 0 Å². The molecule has 1 N–H and O–H groups in total. The molecule has 1 aromatic rings. The van der Waals surface area contributed by atoms with E-state index in [9.17, 15) is 4.79 Å². The first-order chi connectivity index (χ1) is 8.08. The van der Waals surface area contributed by atoms with Crippen LogP contribution in [0.5, 0.6) is 0 Å². The smallest absolute Gasteiger partial charge is 0.254 e. The Balaban J connectivity index is 2.11. The van der Waals surface area contributed by atoms with Gasteiger partial charge in [0, 0.05) is 6.61 Å². The predicted octanol–water partition coefficient (Wildman–Crippen LogP) is 1.69. The second-order valence-electron chi connectivity index (χ2n) is 3.82. The Morgan fingerprint density at radius 1 is 1.53 bits per heavy atom. The number of amides is 1. The van der Waals surface area contributed by atoms with Crippen molar-refractivity contribution in [2.24, 2.45) is 0 Å². The number of hydrogen-bond donors (Lipinski definition) is 1. The molecule has 2 heterocycles. The maximum Gasteiger partial charge on any atom is 0.254 e. The Kier molecular flexibility index (Phi) is 3.81. The van der Waals surface area contributed by atoms with Crippen molar-refractivity contribution in [1.29, 1.82) is 0 Å². The van der Waals surface area contributed by atoms with Gasteiger partial charge in [-0.25, -0.2) is 0 Å². The zero-order valence-corrected chi connectivity index (χ0v) is 10.6. The summed E-state index contributed by atoms with van der Waals surface area (Å²) in [6.07, 6.45) is 0.791. The maximum atomic E-state index is 11.9. The molecule has 92 valence electrons. The lowest BCUT2D eigenvalue weighted by molar-refractivity contribution is 0.0866. The highest BCUT2D eigenvalue weighted by molar-refractivity contribution is 6.34. The lowest BCUT2D eigenvalue weighted by Crippen LogP contribution is -2.39. The van der Waals surface area contributed by atoms with Crippen molar-refractivity contribution in [2.45, 2.75) is 25.5 Å². The average Bonchev–Trinajstić information content (AvgIpc) is 2.68. The number of halogens is 2. The van der Waals surface area contributed by atoms with E-state index in [1.54, 1.807) is 0 Å². The number of rotatable bonds is 2. The Bertz CT molecular complexity index is 442. The fraction of sp³-hybridized carbons (Fsp3) is 0.500. The third-order valence-electron chi connectivity index (χ3n) is 2.66. The minimum atomic E-state index is -0.311. The fourth-order valence-electron chi connectivity index (χ4n) is 1.68. The van der Waals surface area contributed by atoms with Gasteiger partial charge in [-0.1, -0.05) is 23.2 Å². The van der Waals surface area contributed by atoms with Crippen molar-refractivity contribution in [1.82, 2.24) is 15.5 Å². The SMILES string of the molecule is CC1OCCC1NC(=O)c1cc(Cl)nnc1Cl. The van der Waals surface area contributed by atoms with Gasteiger partial charge in [0.25, 0.3) is 5.91 Å². The van der Waals surface area contributed by atoms with Crippen molar-refractivity contribution in [2.75, 3.05) is 6.61 Å². The van der Waals surface area contributed by atoms with Gasteiger partial charge in [-0.05, 0) is 19.4 Å². The molecule has 1 aromatic heterocycles. The molecule has 0 radical (unpaired) electrons. The largest absolute Gasteiger partial charge is 0.376 e. The van der Waals surface area contributed by atoms with E-state index in [4.69, 9.17) is 27.9 Å². The Morgan fingerprint density at radius 2 is 2.29 bits per heavy atom. The van der Waals surface area contributed by atoms with E-state index in [1.165, 1.54) is 6.07 Å². The van der Waals surface area contributed by atoms with E-state index in [0.717, 1.165) is 6.42 Å². The molecule has 1 amide bonds. The van der Waals surface area contributed by atoms with Gasteiger partial charge in [-0.2, -0.15) is 0 Å². The van der Waals surface area contributed by atoms with Crippen molar-refractivity contribution in [3.8, 4) is 0 Å². The van der Waals surface area contributed by atoms with Gasteiger partial charge < -0.3 is 10.1 Å². The minimum absolute atomic E-state index is 0.00277. The monoisotopic (exact) mass is 275 g/mol. The molecule has 0 bridgehead atoms. The molecule has 1 saturated heterocycles. The first kappa shape index (κ1) is 12.5. The van der Waals surface area contributed by atoms with Crippen LogP contribution in [0.2, 0.25) is 10.3 Å². The highest BCUT2D eigenvalue weighted by atomic mass is 35.5. The summed E-state index contributed by atoms with van der Waals surface area (Å²) in [4.78, 5) is 11.9. The summed E-state index contributed by atoms with van der Waals surface area (Å²) in [6, 6.07) is 1.39. The zero-order valence-electron chi connectivity index (χ0n) is 9.11. The number of carbonyl (C=O) groups is 1. The van der Waals surface area contributed by atoms with Crippen LogP contribution in [0.3, 0.4) is 0 Å². The van der Waals surface area contributed by atoms with Crippen LogP contribution in [-0.4, -0.2) is 34.9 Å². The molecule has 0 saturated carbocycles. The predicted molar refractivity (Wildman–Crippen MR) is 63.3 cm³/mol. The summed E-state index contributed by atoms with van der Waals surface area (Å²) in [5.41, 5.74) is 0.228. The second-order valence-corrected chi connectivity index (χ2v) is 4.56. The van der Waals surface area contributed by atoms with Gasteiger partial charge in [0.05, 0.1) is 17.7 Å². The van der Waals surface area contributed by atoms with Gasteiger partial charge in [-0.3, -0.25) is 4.79 Å². The van der Waals surface area contributed by atoms with Crippen LogP contribution in [0, 0.1) is 0 Å². The minimum Gasteiger partial charge on any atom is -0.376 e. The maximum absolute atomic E-state index is 11.9. The van der Waals surface area contributed by atoms with Crippen LogP contribution in [0.15, 0.2) is 6.07 Å². The molecule has 17 heavy (non-hydrogen) atoms. The number of carbonyl (C=O) groups excluding carboxylic acids is 1. The third-order valence-corrected chi connectivity index (χ3v) is 3.12. The second kappa shape index (κ2) is 5.16. The molecule has 1 fully saturated rings. The first-order valence-corrected chi connectivity index (χ1v) is 5.94.